The molecule has 0 atom stereocenters. The van der Waals surface area contributed by atoms with Gasteiger partial charge in [0, 0.05) is 40.3 Å². The van der Waals surface area contributed by atoms with E-state index in [2.05, 4.69) is 20.6 Å². The number of thiazole rings is 1. The van der Waals surface area contributed by atoms with Crippen LogP contribution in [0.1, 0.15) is 21.5 Å². The molecule has 146 valence electrons. The molecule has 4 rings (SSSR count). The number of nitrogens with zero attached hydrogens (tertiary/aromatic N) is 3. The minimum atomic E-state index is -0.234. The summed E-state index contributed by atoms with van der Waals surface area (Å²) in [7, 11) is 0. The summed E-state index contributed by atoms with van der Waals surface area (Å²) in [5.41, 5.74) is 5.39. The summed E-state index contributed by atoms with van der Waals surface area (Å²) in [6.45, 7) is 1.99. The van der Waals surface area contributed by atoms with Crippen molar-refractivity contribution in [2.24, 2.45) is 0 Å². The molecule has 30 heavy (non-hydrogen) atoms. The lowest BCUT2D eigenvalue weighted by Crippen LogP contribution is -2.12. The molecule has 0 aliphatic heterocycles. The lowest BCUT2D eigenvalue weighted by atomic mass is 10.1. The van der Waals surface area contributed by atoms with Crippen molar-refractivity contribution in [3.8, 4) is 17.3 Å². The van der Waals surface area contributed by atoms with Gasteiger partial charge in [0.1, 0.15) is 0 Å². The Hall–Kier alpha value is -4.02. The number of carbonyl (C=O) groups is 1. The zero-order chi connectivity index (χ0) is 20.9. The highest BCUT2D eigenvalue weighted by atomic mass is 32.1. The molecule has 7 heteroatoms. The molecular formula is C23H17N5OS. The summed E-state index contributed by atoms with van der Waals surface area (Å²) in [5.74, 6) is -0.234. The fraction of sp³-hybridized carbons (Fsp3) is 0.0435. The van der Waals surface area contributed by atoms with E-state index in [1.807, 2.05) is 48.7 Å². The Morgan fingerprint density at radius 3 is 2.70 bits per heavy atom. The summed E-state index contributed by atoms with van der Waals surface area (Å²) in [6, 6.07) is 18.1. The quantitative estimate of drug-likeness (QED) is 0.460. The van der Waals surface area contributed by atoms with Crippen molar-refractivity contribution in [1.82, 2.24) is 9.97 Å². The van der Waals surface area contributed by atoms with Crippen LogP contribution in [-0.4, -0.2) is 15.9 Å². The maximum absolute atomic E-state index is 12.5. The minimum Gasteiger partial charge on any atom is -0.331 e. The van der Waals surface area contributed by atoms with Gasteiger partial charge in [-0.05, 0) is 61.0 Å². The number of aryl methyl sites for hydroxylation is 1. The second-order valence-electron chi connectivity index (χ2n) is 6.58. The van der Waals surface area contributed by atoms with Crippen molar-refractivity contribution < 1.29 is 4.79 Å². The van der Waals surface area contributed by atoms with E-state index in [0.29, 0.717) is 16.8 Å². The van der Waals surface area contributed by atoms with Crippen LogP contribution in [-0.2, 0) is 0 Å². The molecule has 4 aromatic rings. The normalized spacial score (nSPS) is 10.3. The largest absolute Gasteiger partial charge is 0.331 e. The summed E-state index contributed by atoms with van der Waals surface area (Å²) < 4.78 is 0. The number of benzene rings is 2. The van der Waals surface area contributed by atoms with Gasteiger partial charge in [0.05, 0.1) is 17.3 Å². The van der Waals surface area contributed by atoms with Gasteiger partial charge in [-0.2, -0.15) is 5.26 Å². The molecule has 2 N–H and O–H groups in total. The highest BCUT2D eigenvalue weighted by Gasteiger charge is 2.10. The molecule has 0 fully saturated rings. The minimum absolute atomic E-state index is 0.234. The molecule has 0 saturated heterocycles. The molecule has 0 radical (unpaired) electrons. The van der Waals surface area contributed by atoms with Gasteiger partial charge in [-0.25, -0.2) is 4.98 Å². The first kappa shape index (κ1) is 19.3. The summed E-state index contributed by atoms with van der Waals surface area (Å²) in [5, 5.41) is 17.8. The average molecular weight is 411 g/mol. The zero-order valence-corrected chi connectivity index (χ0v) is 16.9. The van der Waals surface area contributed by atoms with Crippen molar-refractivity contribution in [2.75, 3.05) is 10.6 Å². The van der Waals surface area contributed by atoms with Crippen LogP contribution in [0.4, 0.5) is 16.5 Å². The van der Waals surface area contributed by atoms with E-state index in [1.54, 1.807) is 36.7 Å². The van der Waals surface area contributed by atoms with Gasteiger partial charge in [0.25, 0.3) is 5.91 Å². The van der Waals surface area contributed by atoms with Crippen LogP contribution >= 0.6 is 11.3 Å². The first-order chi connectivity index (χ1) is 14.6. The third kappa shape index (κ3) is 4.35. The summed E-state index contributed by atoms with van der Waals surface area (Å²) in [6.07, 6.45) is 3.51. The Balaban J connectivity index is 1.50. The molecule has 2 heterocycles. The molecular weight excluding hydrogens is 394 g/mol. The van der Waals surface area contributed by atoms with Crippen LogP contribution in [0.2, 0.25) is 0 Å². The third-order valence-corrected chi connectivity index (χ3v) is 5.23. The molecule has 2 aromatic heterocycles. The molecule has 0 saturated carbocycles. The molecule has 0 unspecified atom stereocenters. The predicted octanol–water partition coefficient (Wildman–Crippen LogP) is 5.38. The number of nitrogens with one attached hydrogen (secondary N) is 2. The van der Waals surface area contributed by atoms with Crippen LogP contribution in [0, 0.1) is 18.3 Å². The molecule has 0 aliphatic rings. The second kappa shape index (κ2) is 8.55. The maximum Gasteiger partial charge on any atom is 0.255 e. The first-order valence-corrected chi connectivity index (χ1v) is 10.1. The van der Waals surface area contributed by atoms with Crippen molar-refractivity contribution >= 4 is 33.8 Å². The fourth-order valence-electron chi connectivity index (χ4n) is 2.83. The molecule has 1 amide bonds. The highest BCUT2D eigenvalue weighted by Crippen LogP contribution is 2.29. The molecule has 6 nitrogen and oxygen atoms in total. The van der Waals surface area contributed by atoms with Gasteiger partial charge in [-0.15, -0.1) is 11.3 Å². The van der Waals surface area contributed by atoms with Crippen LogP contribution < -0.4 is 10.6 Å². The van der Waals surface area contributed by atoms with Gasteiger partial charge >= 0.3 is 0 Å². The molecule has 2 aromatic carbocycles. The monoisotopic (exact) mass is 411 g/mol. The number of amides is 1. The fourth-order valence-corrected chi connectivity index (χ4v) is 3.56. The smallest absolute Gasteiger partial charge is 0.255 e. The second-order valence-corrected chi connectivity index (χ2v) is 7.44. The van der Waals surface area contributed by atoms with Crippen molar-refractivity contribution in [3.63, 3.8) is 0 Å². The Morgan fingerprint density at radius 1 is 1.13 bits per heavy atom. The Kier molecular flexibility index (Phi) is 5.50. The van der Waals surface area contributed by atoms with E-state index < -0.39 is 0 Å². The Labute approximate surface area is 177 Å². The SMILES string of the molecule is Cc1ccc(NC(=O)c2ccc(C#N)cc2)cc1Nc1nc(-c2cccnc2)cs1. The third-order valence-electron chi connectivity index (χ3n) is 4.47. The number of hydrogen-bond donors (Lipinski definition) is 2. The van der Waals surface area contributed by atoms with Gasteiger partial charge in [-0.1, -0.05) is 6.07 Å². The molecule has 0 spiro atoms. The van der Waals surface area contributed by atoms with Crippen LogP contribution in [0.25, 0.3) is 11.3 Å². The van der Waals surface area contributed by atoms with E-state index in [-0.39, 0.29) is 5.91 Å². The molecule has 0 aliphatic carbocycles. The van der Waals surface area contributed by atoms with E-state index in [1.165, 1.54) is 11.3 Å². The Bertz CT molecular complexity index is 1230. The van der Waals surface area contributed by atoms with Crippen molar-refractivity contribution in [3.05, 3.63) is 89.1 Å². The first-order valence-electron chi connectivity index (χ1n) is 9.17. The topological polar surface area (TPSA) is 90.7 Å². The van der Waals surface area contributed by atoms with Gasteiger partial charge in [0.15, 0.2) is 5.13 Å². The lowest BCUT2D eigenvalue weighted by Gasteiger charge is -2.11. The van der Waals surface area contributed by atoms with E-state index in [9.17, 15) is 4.79 Å². The van der Waals surface area contributed by atoms with Crippen LogP contribution in [0.5, 0.6) is 0 Å². The predicted molar refractivity (Wildman–Crippen MR) is 119 cm³/mol. The lowest BCUT2D eigenvalue weighted by molar-refractivity contribution is 0.102. The maximum atomic E-state index is 12.5. The summed E-state index contributed by atoms with van der Waals surface area (Å²) >= 11 is 1.50. The standard InChI is InChI=1S/C23H17N5OS/c1-15-4-9-19(26-22(29)17-7-5-16(12-24)6-8-17)11-20(15)27-23-28-21(14-30-23)18-3-2-10-25-13-18/h2-11,13-14H,1H3,(H,26,29)(H,27,28). The van der Waals surface area contributed by atoms with E-state index in [4.69, 9.17) is 5.26 Å². The van der Waals surface area contributed by atoms with Gasteiger partial charge < -0.3 is 10.6 Å². The van der Waals surface area contributed by atoms with Crippen LogP contribution in [0.3, 0.4) is 0 Å². The van der Waals surface area contributed by atoms with Gasteiger partial charge in [0.2, 0.25) is 0 Å². The van der Waals surface area contributed by atoms with E-state index in [0.717, 1.165) is 27.6 Å². The number of nitriles is 1. The number of carbonyl (C=O) groups excluding carboxylic acids is 1. The number of rotatable bonds is 5. The van der Waals surface area contributed by atoms with Gasteiger partial charge in [-0.3, -0.25) is 9.78 Å². The number of pyridine rings is 1. The van der Waals surface area contributed by atoms with Crippen molar-refractivity contribution in [2.45, 2.75) is 6.92 Å². The average Bonchev–Trinajstić information content (AvgIpc) is 3.25. The Morgan fingerprint density at radius 2 is 1.97 bits per heavy atom. The van der Waals surface area contributed by atoms with Crippen molar-refractivity contribution in [1.29, 1.82) is 5.26 Å². The highest BCUT2D eigenvalue weighted by molar-refractivity contribution is 7.14. The number of hydrogen-bond acceptors (Lipinski definition) is 6. The van der Waals surface area contributed by atoms with E-state index >= 15 is 0 Å². The molecule has 0 bridgehead atoms. The zero-order valence-electron chi connectivity index (χ0n) is 16.1. The number of anilines is 3. The summed E-state index contributed by atoms with van der Waals surface area (Å²) in [4.78, 5) is 21.3. The van der Waals surface area contributed by atoms with Crippen LogP contribution in [0.15, 0.2) is 72.4 Å². The number of aromatic nitrogens is 2.